The van der Waals surface area contributed by atoms with Crippen LogP contribution >= 0.6 is 0 Å². The number of allylic oxidation sites excluding steroid dienone is 2. The van der Waals surface area contributed by atoms with Crippen LogP contribution in [0.5, 0.6) is 0 Å². The number of cyclic esters (lactones) is 1. The van der Waals surface area contributed by atoms with E-state index >= 15 is 0 Å². The van der Waals surface area contributed by atoms with Gasteiger partial charge in [0.25, 0.3) is 0 Å². The number of hydrogen-bond donors (Lipinski definition) is 0. The third kappa shape index (κ3) is 2.30. The first-order valence-corrected chi connectivity index (χ1v) is 10.2. The molecule has 0 aromatic carbocycles. The van der Waals surface area contributed by atoms with Crippen molar-refractivity contribution < 1.29 is 14.3 Å². The van der Waals surface area contributed by atoms with Crippen molar-refractivity contribution in [3.05, 3.63) is 22.8 Å². The number of esters is 1. The van der Waals surface area contributed by atoms with Gasteiger partial charge in [-0.3, -0.25) is 4.79 Å². The van der Waals surface area contributed by atoms with Crippen LogP contribution in [-0.4, -0.2) is 18.4 Å². The molecule has 1 heterocycles. The molecule has 0 radical (unpaired) electrons. The van der Waals surface area contributed by atoms with E-state index in [-0.39, 0.29) is 5.97 Å². The Morgan fingerprint density at radius 1 is 1.08 bits per heavy atom. The van der Waals surface area contributed by atoms with E-state index in [2.05, 4.69) is 6.92 Å². The maximum Gasteiger partial charge on any atom is 0.331 e. The third-order valence-corrected chi connectivity index (χ3v) is 8.33. The minimum Gasteiger partial charge on any atom is -0.458 e. The first-order chi connectivity index (χ1) is 12.1. The molecule has 5 atom stereocenters. The van der Waals surface area contributed by atoms with E-state index in [1.165, 1.54) is 43.3 Å². The third-order valence-electron chi connectivity index (χ3n) is 8.33. The van der Waals surface area contributed by atoms with Gasteiger partial charge in [0.2, 0.25) is 0 Å². The Labute approximate surface area is 149 Å². The molecule has 0 saturated heterocycles. The Morgan fingerprint density at radius 2 is 1.96 bits per heavy atom. The lowest BCUT2D eigenvalue weighted by Crippen LogP contribution is -2.44. The van der Waals surface area contributed by atoms with Gasteiger partial charge < -0.3 is 4.74 Å². The molecule has 3 nitrogen and oxygen atoms in total. The largest absolute Gasteiger partial charge is 0.458 e. The van der Waals surface area contributed by atoms with Gasteiger partial charge in [-0.1, -0.05) is 18.1 Å². The van der Waals surface area contributed by atoms with Crippen molar-refractivity contribution in [2.75, 3.05) is 6.61 Å². The predicted molar refractivity (Wildman–Crippen MR) is 94.7 cm³/mol. The van der Waals surface area contributed by atoms with Crippen molar-refractivity contribution in [2.24, 2.45) is 29.1 Å². The highest BCUT2D eigenvalue weighted by Crippen LogP contribution is 2.64. The van der Waals surface area contributed by atoms with E-state index in [1.807, 2.05) is 0 Å². The van der Waals surface area contributed by atoms with Gasteiger partial charge in [0.1, 0.15) is 12.4 Å². The average molecular weight is 340 g/mol. The number of Topliss-reactive ketones (excluding diaryl/α,β-unsaturated/α-hetero) is 1. The molecule has 0 bridgehead atoms. The van der Waals surface area contributed by atoms with Crippen LogP contribution in [0.25, 0.3) is 0 Å². The van der Waals surface area contributed by atoms with Gasteiger partial charge in [-0.15, -0.1) is 0 Å². The van der Waals surface area contributed by atoms with Crippen LogP contribution in [0.1, 0.15) is 64.7 Å². The average Bonchev–Trinajstić information content (AvgIpc) is 3.16. The van der Waals surface area contributed by atoms with Gasteiger partial charge in [-0.25, -0.2) is 4.79 Å². The number of ether oxygens (including phenoxy) is 1. The topological polar surface area (TPSA) is 43.4 Å². The van der Waals surface area contributed by atoms with Gasteiger partial charge in [-0.2, -0.15) is 0 Å². The maximum absolute atomic E-state index is 11.8. The van der Waals surface area contributed by atoms with Gasteiger partial charge in [0.05, 0.1) is 0 Å². The van der Waals surface area contributed by atoms with Crippen LogP contribution in [-0.2, 0) is 14.3 Å². The van der Waals surface area contributed by atoms with Gasteiger partial charge in [0, 0.05) is 18.9 Å². The second-order valence-corrected chi connectivity index (χ2v) is 9.26. The van der Waals surface area contributed by atoms with Crippen LogP contribution in [0.2, 0.25) is 0 Å². The summed E-state index contributed by atoms with van der Waals surface area (Å²) in [5, 5.41) is 0. The van der Waals surface area contributed by atoms with E-state index in [9.17, 15) is 9.59 Å². The minimum atomic E-state index is -0.143. The maximum atomic E-state index is 11.8. The summed E-state index contributed by atoms with van der Waals surface area (Å²) in [6.07, 6.45) is 11.8. The zero-order chi connectivity index (χ0) is 17.2. The van der Waals surface area contributed by atoms with Gasteiger partial charge in [0.15, 0.2) is 0 Å². The number of hydrogen-bond acceptors (Lipinski definition) is 3. The van der Waals surface area contributed by atoms with Crippen molar-refractivity contribution in [3.8, 4) is 0 Å². The van der Waals surface area contributed by atoms with Crippen LogP contribution in [0.4, 0.5) is 0 Å². The SMILES string of the molecule is C[C@]12CC[C@@H]3C4=C(CC[C@H]3[C@H]1CC[C@@H]2C1=CC(=O)OC1)CC(=O)CC4. The highest BCUT2D eigenvalue weighted by molar-refractivity contribution is 5.85. The molecule has 0 N–H and O–H groups in total. The zero-order valence-electron chi connectivity index (χ0n) is 15.2. The highest BCUT2D eigenvalue weighted by atomic mass is 16.5. The fourth-order valence-corrected chi connectivity index (χ4v) is 7.25. The van der Waals surface area contributed by atoms with E-state index in [4.69, 9.17) is 4.74 Å². The molecule has 0 aromatic rings. The fourth-order valence-electron chi connectivity index (χ4n) is 7.25. The predicted octanol–water partition coefficient (Wildman–Crippen LogP) is 4.37. The summed E-state index contributed by atoms with van der Waals surface area (Å²) in [5.41, 5.74) is 4.78. The van der Waals surface area contributed by atoms with E-state index < -0.39 is 0 Å². The Balaban J connectivity index is 1.43. The van der Waals surface area contributed by atoms with Crippen LogP contribution in [0, 0.1) is 29.1 Å². The number of rotatable bonds is 1. The summed E-state index contributed by atoms with van der Waals surface area (Å²) < 4.78 is 5.22. The summed E-state index contributed by atoms with van der Waals surface area (Å²) in [4.78, 5) is 23.4. The molecule has 0 spiro atoms. The number of carbonyl (C=O) groups excluding carboxylic acids is 2. The Hall–Kier alpha value is -1.38. The summed E-state index contributed by atoms with van der Waals surface area (Å²) in [6.45, 7) is 3.01. The van der Waals surface area contributed by atoms with Crippen molar-refractivity contribution in [3.63, 3.8) is 0 Å². The molecule has 5 aliphatic rings. The molecule has 4 aliphatic carbocycles. The van der Waals surface area contributed by atoms with E-state index in [0.717, 1.165) is 43.4 Å². The summed E-state index contributed by atoms with van der Waals surface area (Å²) in [5.74, 6) is 3.16. The number of ketones is 1. The van der Waals surface area contributed by atoms with Gasteiger partial charge in [-0.05, 0) is 79.6 Å². The molecular formula is C22H28O3. The smallest absolute Gasteiger partial charge is 0.331 e. The first kappa shape index (κ1) is 15.8. The molecule has 0 amide bonds. The molecular weight excluding hydrogens is 312 g/mol. The second kappa shape index (κ2) is 5.56. The summed E-state index contributed by atoms with van der Waals surface area (Å²) >= 11 is 0. The molecule has 0 unspecified atom stereocenters. The first-order valence-electron chi connectivity index (χ1n) is 10.2. The second-order valence-electron chi connectivity index (χ2n) is 9.26. The molecule has 3 heteroatoms. The van der Waals surface area contributed by atoms with Crippen molar-refractivity contribution >= 4 is 11.8 Å². The van der Waals surface area contributed by atoms with E-state index in [1.54, 1.807) is 11.6 Å². The summed E-state index contributed by atoms with van der Waals surface area (Å²) in [7, 11) is 0. The van der Waals surface area contributed by atoms with Crippen molar-refractivity contribution in [2.45, 2.75) is 64.7 Å². The minimum absolute atomic E-state index is 0.143. The molecule has 2 saturated carbocycles. The monoisotopic (exact) mass is 340 g/mol. The van der Waals surface area contributed by atoms with Crippen molar-refractivity contribution in [1.29, 1.82) is 0 Å². The molecule has 1 aliphatic heterocycles. The lowest BCUT2D eigenvalue weighted by molar-refractivity contribution is -0.135. The van der Waals surface area contributed by atoms with Crippen molar-refractivity contribution in [1.82, 2.24) is 0 Å². The molecule has 2 fully saturated rings. The Kier molecular flexibility index (Phi) is 3.52. The van der Waals surface area contributed by atoms with Crippen LogP contribution < -0.4 is 0 Å². The van der Waals surface area contributed by atoms with Gasteiger partial charge >= 0.3 is 5.97 Å². The lowest BCUT2D eigenvalue weighted by Gasteiger charge is -2.52. The molecule has 5 rings (SSSR count). The molecule has 25 heavy (non-hydrogen) atoms. The fraction of sp³-hybridized carbons (Fsp3) is 0.727. The standard InChI is InChI=1S/C22H28O3/c1-22-9-8-17-16-5-3-15(23)10-13(16)2-4-18(17)20(22)7-6-19(22)14-11-21(24)25-12-14/h11,17-20H,2-10,12H2,1H3/t17-,18-,19-,20-,22-/m1/s1. The summed E-state index contributed by atoms with van der Waals surface area (Å²) in [6, 6.07) is 0. The quantitative estimate of drug-likeness (QED) is 0.526. The highest BCUT2D eigenvalue weighted by Gasteiger charge is 2.56. The molecule has 0 aromatic heterocycles. The number of fused-ring (bicyclic) bond motifs is 4. The van der Waals surface area contributed by atoms with Crippen LogP contribution in [0.15, 0.2) is 22.8 Å². The zero-order valence-corrected chi connectivity index (χ0v) is 15.2. The number of carbonyl (C=O) groups is 2. The Morgan fingerprint density at radius 3 is 2.76 bits per heavy atom. The van der Waals surface area contributed by atoms with Crippen LogP contribution in [0.3, 0.4) is 0 Å². The normalized spacial score (nSPS) is 43.3. The van der Waals surface area contributed by atoms with E-state index in [0.29, 0.717) is 23.7 Å². The Bertz CT molecular complexity index is 700. The molecule has 134 valence electrons. The lowest BCUT2D eigenvalue weighted by atomic mass is 9.52.